The first-order chi connectivity index (χ1) is 16.7. The number of hydrogen-bond acceptors (Lipinski definition) is 6. The predicted molar refractivity (Wildman–Crippen MR) is 126 cm³/mol. The molecule has 1 atom stereocenters. The molecule has 3 aromatic rings. The zero-order chi connectivity index (χ0) is 25.3. The van der Waals surface area contributed by atoms with E-state index in [4.69, 9.17) is 4.74 Å². The maximum Gasteiger partial charge on any atom is 0.330 e. The maximum absolute atomic E-state index is 13.8. The molecule has 0 bridgehead atoms. The number of fused-ring (bicyclic) bond motifs is 1. The van der Waals surface area contributed by atoms with Crippen molar-refractivity contribution < 1.29 is 18.7 Å². The van der Waals surface area contributed by atoms with E-state index in [0.717, 1.165) is 12.8 Å². The molecule has 1 aliphatic rings. The average Bonchev–Trinajstić information content (AvgIpc) is 3.66. The molecular formula is C24H26FN5O5. The number of pyridine rings is 1. The fourth-order valence-corrected chi connectivity index (χ4v) is 3.67. The van der Waals surface area contributed by atoms with Crippen molar-refractivity contribution in [2.45, 2.75) is 52.2 Å². The normalized spacial score (nSPS) is 14.1. The summed E-state index contributed by atoms with van der Waals surface area (Å²) in [4.78, 5) is 57.5. The Labute approximate surface area is 199 Å². The van der Waals surface area contributed by atoms with E-state index in [9.17, 15) is 23.6 Å². The Morgan fingerprint density at radius 1 is 1.20 bits per heavy atom. The number of carbonyl (C=O) groups excluding carboxylic acids is 2. The van der Waals surface area contributed by atoms with E-state index in [1.807, 2.05) is 13.8 Å². The summed E-state index contributed by atoms with van der Waals surface area (Å²) in [5, 5.41) is -0.0444. The minimum Gasteiger partial charge on any atom is -0.478 e. The Morgan fingerprint density at radius 3 is 2.57 bits per heavy atom. The molecule has 0 radical (unpaired) electrons. The minimum absolute atomic E-state index is 0.0152. The molecule has 35 heavy (non-hydrogen) atoms. The smallest absolute Gasteiger partial charge is 0.330 e. The van der Waals surface area contributed by atoms with Crippen LogP contribution in [0.15, 0.2) is 39.9 Å². The second-order valence-corrected chi connectivity index (χ2v) is 8.97. The molecule has 184 valence electrons. The van der Waals surface area contributed by atoms with E-state index in [-0.39, 0.29) is 34.2 Å². The Kier molecular flexibility index (Phi) is 6.68. The quantitative estimate of drug-likeness (QED) is 0.440. The van der Waals surface area contributed by atoms with E-state index in [1.165, 1.54) is 35.8 Å². The van der Waals surface area contributed by atoms with Crippen molar-refractivity contribution in [1.82, 2.24) is 25.4 Å². The first-order valence-electron chi connectivity index (χ1n) is 11.3. The monoisotopic (exact) mass is 483 g/mol. The third-order valence-corrected chi connectivity index (χ3v) is 5.57. The molecule has 1 aromatic carbocycles. The summed E-state index contributed by atoms with van der Waals surface area (Å²) in [7, 11) is 0. The molecule has 2 heterocycles. The van der Waals surface area contributed by atoms with Gasteiger partial charge >= 0.3 is 5.69 Å². The number of H-pyrrole nitrogens is 1. The lowest BCUT2D eigenvalue weighted by molar-refractivity contribution is -0.128. The average molecular weight is 484 g/mol. The van der Waals surface area contributed by atoms with Crippen LogP contribution in [0.1, 0.15) is 55.6 Å². The number of aromatic amines is 1. The van der Waals surface area contributed by atoms with Gasteiger partial charge in [-0.25, -0.2) is 14.2 Å². The molecule has 4 rings (SSSR count). The zero-order valence-corrected chi connectivity index (χ0v) is 19.6. The highest BCUT2D eigenvalue weighted by Gasteiger charge is 2.29. The number of rotatable bonds is 7. The van der Waals surface area contributed by atoms with Gasteiger partial charge in [0.25, 0.3) is 17.4 Å². The van der Waals surface area contributed by atoms with Crippen LogP contribution in [-0.2, 0) is 11.3 Å². The Morgan fingerprint density at radius 2 is 1.91 bits per heavy atom. The van der Waals surface area contributed by atoms with Crippen molar-refractivity contribution in [2.24, 2.45) is 5.92 Å². The Bertz CT molecular complexity index is 1410. The van der Waals surface area contributed by atoms with Gasteiger partial charge in [-0.1, -0.05) is 26.0 Å². The van der Waals surface area contributed by atoms with Gasteiger partial charge in [0.2, 0.25) is 0 Å². The van der Waals surface area contributed by atoms with Crippen molar-refractivity contribution >= 4 is 22.8 Å². The number of benzene rings is 1. The Hall–Kier alpha value is -4.02. The summed E-state index contributed by atoms with van der Waals surface area (Å²) in [5.74, 6) is -2.00. The van der Waals surface area contributed by atoms with Gasteiger partial charge < -0.3 is 4.74 Å². The summed E-state index contributed by atoms with van der Waals surface area (Å²) in [6.45, 7) is 5.54. The van der Waals surface area contributed by atoms with Crippen LogP contribution in [0, 0.1) is 11.7 Å². The van der Waals surface area contributed by atoms with Crippen molar-refractivity contribution in [1.29, 1.82) is 0 Å². The zero-order valence-electron chi connectivity index (χ0n) is 19.6. The van der Waals surface area contributed by atoms with Gasteiger partial charge in [-0.15, -0.1) is 0 Å². The largest absolute Gasteiger partial charge is 0.478 e. The van der Waals surface area contributed by atoms with Crippen LogP contribution in [-0.4, -0.2) is 32.5 Å². The van der Waals surface area contributed by atoms with E-state index in [0.29, 0.717) is 12.2 Å². The van der Waals surface area contributed by atoms with Crippen LogP contribution in [0.5, 0.6) is 5.75 Å². The second kappa shape index (κ2) is 9.69. The lowest BCUT2D eigenvalue weighted by Crippen LogP contribution is -2.47. The second-order valence-electron chi connectivity index (χ2n) is 8.97. The van der Waals surface area contributed by atoms with Crippen molar-refractivity contribution in [2.75, 3.05) is 0 Å². The first kappa shape index (κ1) is 24.1. The number of nitrogens with zero attached hydrogens (tertiary/aromatic N) is 2. The predicted octanol–water partition coefficient (Wildman–Crippen LogP) is 1.99. The number of carbonyl (C=O) groups is 2. The van der Waals surface area contributed by atoms with Gasteiger partial charge in [-0.3, -0.25) is 34.8 Å². The number of nitrogens with one attached hydrogen (secondary N) is 3. The van der Waals surface area contributed by atoms with Crippen LogP contribution >= 0.6 is 0 Å². The van der Waals surface area contributed by atoms with Crippen LogP contribution in [0.4, 0.5) is 4.39 Å². The molecule has 1 aliphatic carbocycles. The summed E-state index contributed by atoms with van der Waals surface area (Å²) in [6, 6.07) is 7.14. The van der Waals surface area contributed by atoms with Gasteiger partial charge in [0, 0.05) is 18.2 Å². The van der Waals surface area contributed by atoms with Crippen LogP contribution in [0.25, 0.3) is 11.0 Å². The van der Waals surface area contributed by atoms with E-state index in [2.05, 4.69) is 20.8 Å². The summed E-state index contributed by atoms with van der Waals surface area (Å²) < 4.78 is 20.5. The number of aromatic nitrogens is 3. The third-order valence-electron chi connectivity index (χ3n) is 5.57. The van der Waals surface area contributed by atoms with Gasteiger partial charge in [-0.05, 0) is 43.9 Å². The Balaban J connectivity index is 1.61. The van der Waals surface area contributed by atoms with Crippen LogP contribution < -0.4 is 26.8 Å². The van der Waals surface area contributed by atoms with Crippen molar-refractivity contribution in [3.8, 4) is 5.75 Å². The maximum atomic E-state index is 13.8. The first-order valence-corrected chi connectivity index (χ1v) is 11.3. The van der Waals surface area contributed by atoms with E-state index in [1.54, 1.807) is 6.07 Å². The third kappa shape index (κ3) is 5.23. The van der Waals surface area contributed by atoms with Gasteiger partial charge in [-0.2, -0.15) is 0 Å². The molecule has 1 unspecified atom stereocenters. The number of para-hydroxylation sites is 1. The summed E-state index contributed by atoms with van der Waals surface area (Å²) >= 11 is 0. The molecule has 3 N–H and O–H groups in total. The lowest BCUT2D eigenvalue weighted by Gasteiger charge is -2.17. The van der Waals surface area contributed by atoms with Gasteiger partial charge in [0.05, 0.1) is 10.9 Å². The van der Waals surface area contributed by atoms with Gasteiger partial charge in [0.15, 0.2) is 23.3 Å². The summed E-state index contributed by atoms with van der Waals surface area (Å²) in [5.41, 5.74) is 3.89. The summed E-state index contributed by atoms with van der Waals surface area (Å²) in [6.07, 6.45) is 0.653. The molecule has 1 saturated carbocycles. The van der Waals surface area contributed by atoms with Crippen LogP contribution in [0.2, 0.25) is 0 Å². The number of amides is 2. The van der Waals surface area contributed by atoms with Gasteiger partial charge in [0.1, 0.15) is 0 Å². The van der Waals surface area contributed by atoms with Crippen molar-refractivity contribution in [3.63, 3.8) is 0 Å². The highest BCUT2D eigenvalue weighted by atomic mass is 19.1. The number of hydrogen-bond donors (Lipinski definition) is 3. The lowest BCUT2D eigenvalue weighted by atomic mass is 10.1. The molecule has 2 amide bonds. The molecule has 0 spiro atoms. The molecular weight excluding hydrogens is 457 g/mol. The number of hydrazine groups is 1. The molecule has 0 saturated heterocycles. The minimum atomic E-state index is -1.12. The number of ether oxygens (including phenoxy) is 1. The highest BCUT2D eigenvalue weighted by Crippen LogP contribution is 2.39. The molecule has 11 heteroatoms. The molecule has 0 aliphatic heterocycles. The fourth-order valence-electron chi connectivity index (χ4n) is 3.67. The highest BCUT2D eigenvalue weighted by molar-refractivity contribution is 6.05. The van der Waals surface area contributed by atoms with Crippen molar-refractivity contribution in [3.05, 3.63) is 68.2 Å². The fraction of sp³-hybridized carbons (Fsp3) is 0.375. The van der Waals surface area contributed by atoms with E-state index < -0.39 is 35.0 Å². The molecule has 10 nitrogen and oxygen atoms in total. The molecule has 1 fully saturated rings. The topological polar surface area (TPSA) is 135 Å². The SMILES string of the molecule is CC(C)Cn1c(=O)[nH]c(=O)c2c(C(=O)NNC(=O)C(C)Oc3ccccc3F)cc(C3CC3)nc21. The van der Waals surface area contributed by atoms with Crippen LogP contribution in [0.3, 0.4) is 0 Å². The number of halogens is 1. The molecule has 2 aromatic heterocycles. The van der Waals surface area contributed by atoms with E-state index >= 15 is 0 Å². The standard InChI is InChI=1S/C24H26FN5O5/c1-12(2)11-30-20-19(23(33)27-24(30)34)15(10-17(26-20)14-8-9-14)22(32)29-28-21(31)13(3)35-18-7-5-4-6-16(18)25/h4-7,10,12-14H,8-9,11H2,1-3H3,(H,28,31)(H,29,32)(H,27,33,34).